The fraction of sp³-hybridized carbons (Fsp3) is 0.0667. The summed E-state index contributed by atoms with van der Waals surface area (Å²) >= 11 is 9.33. The Hall–Kier alpha value is -1.83. The smallest absolute Gasteiger partial charge is 0.228 e. The minimum atomic E-state index is -0.215. The van der Waals surface area contributed by atoms with E-state index in [9.17, 15) is 4.79 Å². The number of hydrogen-bond acceptors (Lipinski definition) is 2. The molecule has 100 valence electrons. The zero-order valence-electron chi connectivity index (χ0n) is 10.4. The summed E-state index contributed by atoms with van der Waals surface area (Å²) < 4.78 is 0.796. The zero-order chi connectivity index (χ0) is 14.5. The zero-order valence-corrected chi connectivity index (χ0v) is 12.7. The molecule has 3 nitrogen and oxygen atoms in total. The molecule has 0 radical (unpaired) electrons. The molecule has 5 heteroatoms. The van der Waals surface area contributed by atoms with E-state index in [-0.39, 0.29) is 12.3 Å². The summed E-state index contributed by atoms with van der Waals surface area (Å²) in [6, 6.07) is 14.3. The van der Waals surface area contributed by atoms with Crippen LogP contribution in [0.2, 0.25) is 5.02 Å². The van der Waals surface area contributed by atoms with Gasteiger partial charge in [-0.05, 0) is 29.8 Å². The van der Waals surface area contributed by atoms with Crippen molar-refractivity contribution in [3.63, 3.8) is 0 Å². The number of halogens is 2. The molecule has 2 rings (SSSR count). The van der Waals surface area contributed by atoms with E-state index in [2.05, 4.69) is 21.2 Å². The van der Waals surface area contributed by atoms with Gasteiger partial charge in [-0.3, -0.25) is 4.79 Å². The van der Waals surface area contributed by atoms with Crippen molar-refractivity contribution in [2.75, 3.05) is 5.32 Å². The summed E-state index contributed by atoms with van der Waals surface area (Å²) in [7, 11) is 0. The summed E-state index contributed by atoms with van der Waals surface area (Å²) in [5, 5.41) is 12.3. The first kappa shape index (κ1) is 14.6. The van der Waals surface area contributed by atoms with Gasteiger partial charge in [-0.25, -0.2) is 0 Å². The lowest BCUT2D eigenvalue weighted by atomic mass is 10.1. The Morgan fingerprint density at radius 1 is 1.30 bits per heavy atom. The monoisotopic (exact) mass is 348 g/mol. The van der Waals surface area contributed by atoms with Crippen LogP contribution in [0.4, 0.5) is 5.69 Å². The highest BCUT2D eigenvalue weighted by atomic mass is 79.9. The van der Waals surface area contributed by atoms with Crippen LogP contribution in [0.3, 0.4) is 0 Å². The molecule has 0 aliphatic heterocycles. The van der Waals surface area contributed by atoms with Gasteiger partial charge in [0.1, 0.15) is 6.07 Å². The van der Waals surface area contributed by atoms with Gasteiger partial charge in [-0.2, -0.15) is 5.26 Å². The van der Waals surface area contributed by atoms with Crippen LogP contribution in [0.1, 0.15) is 11.1 Å². The molecule has 0 atom stereocenters. The molecule has 0 bridgehead atoms. The van der Waals surface area contributed by atoms with Crippen LogP contribution >= 0.6 is 27.5 Å². The van der Waals surface area contributed by atoms with Crippen molar-refractivity contribution in [3.8, 4) is 6.07 Å². The molecular formula is C15H10BrClN2O. The third-order valence-corrected chi connectivity index (χ3v) is 3.55. The molecule has 1 N–H and O–H groups in total. The van der Waals surface area contributed by atoms with Crippen molar-refractivity contribution in [1.82, 2.24) is 0 Å². The largest absolute Gasteiger partial charge is 0.325 e. The fourth-order valence-electron chi connectivity index (χ4n) is 1.73. The molecule has 20 heavy (non-hydrogen) atoms. The quantitative estimate of drug-likeness (QED) is 0.905. The number of carbonyl (C=O) groups is 1. The van der Waals surface area contributed by atoms with Crippen LogP contribution in [0.5, 0.6) is 0 Å². The maximum absolute atomic E-state index is 12.0. The number of rotatable bonds is 3. The Bertz CT molecular complexity index is 695. The maximum atomic E-state index is 12.0. The Morgan fingerprint density at radius 2 is 2.05 bits per heavy atom. The van der Waals surface area contributed by atoms with Crippen molar-refractivity contribution in [2.45, 2.75) is 6.42 Å². The van der Waals surface area contributed by atoms with Crippen LogP contribution < -0.4 is 5.32 Å². The van der Waals surface area contributed by atoms with E-state index in [0.717, 1.165) is 10.0 Å². The van der Waals surface area contributed by atoms with E-state index in [1.165, 1.54) is 0 Å². The predicted molar refractivity (Wildman–Crippen MR) is 82.6 cm³/mol. The number of nitriles is 1. The lowest BCUT2D eigenvalue weighted by Crippen LogP contribution is -2.15. The molecule has 2 aromatic carbocycles. The van der Waals surface area contributed by atoms with E-state index in [0.29, 0.717) is 16.3 Å². The summed E-state index contributed by atoms with van der Waals surface area (Å²) in [5.41, 5.74) is 1.65. The Labute approximate surface area is 130 Å². The van der Waals surface area contributed by atoms with Crippen molar-refractivity contribution in [3.05, 3.63) is 63.1 Å². The van der Waals surface area contributed by atoms with Gasteiger partial charge in [0.25, 0.3) is 0 Å². The Kier molecular flexibility index (Phi) is 4.78. The van der Waals surface area contributed by atoms with Gasteiger partial charge in [-0.1, -0.05) is 45.7 Å². The highest BCUT2D eigenvalue weighted by molar-refractivity contribution is 9.10. The second-order valence-corrected chi connectivity index (χ2v) is 5.44. The van der Waals surface area contributed by atoms with Gasteiger partial charge in [0, 0.05) is 9.50 Å². The Morgan fingerprint density at radius 3 is 2.75 bits per heavy atom. The average Bonchev–Trinajstić information content (AvgIpc) is 2.41. The van der Waals surface area contributed by atoms with Crippen molar-refractivity contribution >= 4 is 39.1 Å². The minimum Gasteiger partial charge on any atom is -0.325 e. The van der Waals surface area contributed by atoms with E-state index < -0.39 is 0 Å². The number of amides is 1. The van der Waals surface area contributed by atoms with Crippen LogP contribution in [-0.2, 0) is 11.2 Å². The molecule has 0 fully saturated rings. The fourth-order valence-corrected chi connectivity index (χ4v) is 2.29. The topological polar surface area (TPSA) is 52.9 Å². The van der Waals surface area contributed by atoms with Crippen LogP contribution in [0.15, 0.2) is 46.9 Å². The molecule has 0 aliphatic carbocycles. The molecule has 0 saturated carbocycles. The summed E-state index contributed by atoms with van der Waals surface area (Å²) in [5.74, 6) is -0.215. The van der Waals surface area contributed by atoms with E-state index in [1.54, 1.807) is 30.3 Å². The molecule has 0 heterocycles. The van der Waals surface area contributed by atoms with Gasteiger partial charge >= 0.3 is 0 Å². The summed E-state index contributed by atoms with van der Waals surface area (Å²) in [4.78, 5) is 12.0. The lowest BCUT2D eigenvalue weighted by molar-refractivity contribution is -0.115. The molecule has 0 unspecified atom stereocenters. The van der Waals surface area contributed by atoms with Crippen LogP contribution in [0.25, 0.3) is 0 Å². The highest BCUT2D eigenvalue weighted by Crippen LogP contribution is 2.22. The number of carbonyl (C=O) groups excluding carboxylic acids is 1. The second kappa shape index (κ2) is 6.56. The molecule has 0 spiro atoms. The average molecular weight is 350 g/mol. The number of nitrogens with zero attached hydrogens (tertiary/aromatic N) is 1. The van der Waals surface area contributed by atoms with Gasteiger partial charge < -0.3 is 5.32 Å². The molecule has 0 saturated heterocycles. The predicted octanol–water partition coefficient (Wildman–Crippen LogP) is 4.16. The van der Waals surface area contributed by atoms with Gasteiger partial charge in [0.05, 0.1) is 17.7 Å². The molecule has 2 aromatic rings. The SMILES string of the molecule is N#Cc1ccc(Br)cc1NC(=O)Cc1ccccc1Cl. The molecule has 1 amide bonds. The third kappa shape index (κ3) is 3.60. The Balaban J connectivity index is 2.15. The van der Waals surface area contributed by atoms with E-state index >= 15 is 0 Å². The van der Waals surface area contributed by atoms with Crippen molar-refractivity contribution in [1.29, 1.82) is 5.26 Å². The number of benzene rings is 2. The van der Waals surface area contributed by atoms with Gasteiger partial charge in [0.15, 0.2) is 0 Å². The lowest BCUT2D eigenvalue weighted by Gasteiger charge is -2.08. The highest BCUT2D eigenvalue weighted by Gasteiger charge is 2.10. The number of hydrogen-bond donors (Lipinski definition) is 1. The normalized spacial score (nSPS) is 9.85. The first-order valence-electron chi connectivity index (χ1n) is 5.83. The van der Waals surface area contributed by atoms with Gasteiger partial charge in [0.2, 0.25) is 5.91 Å². The number of anilines is 1. The van der Waals surface area contributed by atoms with Crippen LogP contribution in [-0.4, -0.2) is 5.91 Å². The third-order valence-electron chi connectivity index (χ3n) is 2.69. The van der Waals surface area contributed by atoms with E-state index in [1.807, 2.05) is 18.2 Å². The first-order chi connectivity index (χ1) is 9.60. The van der Waals surface area contributed by atoms with Crippen LogP contribution in [0, 0.1) is 11.3 Å². The van der Waals surface area contributed by atoms with E-state index in [4.69, 9.17) is 16.9 Å². The van der Waals surface area contributed by atoms with Crippen molar-refractivity contribution in [2.24, 2.45) is 0 Å². The summed E-state index contributed by atoms with van der Waals surface area (Å²) in [6.45, 7) is 0. The maximum Gasteiger partial charge on any atom is 0.228 e. The molecule has 0 aromatic heterocycles. The minimum absolute atomic E-state index is 0.164. The first-order valence-corrected chi connectivity index (χ1v) is 7.00. The standard InChI is InChI=1S/C15H10BrClN2O/c16-12-6-5-11(9-18)14(8-12)19-15(20)7-10-3-1-2-4-13(10)17/h1-6,8H,7H2,(H,19,20). The molecular weight excluding hydrogens is 340 g/mol. The summed E-state index contributed by atoms with van der Waals surface area (Å²) in [6.07, 6.45) is 0.164. The van der Waals surface area contributed by atoms with Gasteiger partial charge in [-0.15, -0.1) is 0 Å². The van der Waals surface area contributed by atoms with Crippen molar-refractivity contribution < 1.29 is 4.79 Å². The second-order valence-electron chi connectivity index (χ2n) is 4.12. The number of nitrogens with one attached hydrogen (secondary N) is 1. The molecule has 0 aliphatic rings.